The Bertz CT molecular complexity index is 1410. The Labute approximate surface area is 240 Å². The minimum absolute atomic E-state index is 0.00556. The Morgan fingerprint density at radius 1 is 1.20 bits per heavy atom. The van der Waals surface area contributed by atoms with Gasteiger partial charge in [0.2, 0.25) is 21.8 Å². The predicted octanol–water partition coefficient (Wildman–Crippen LogP) is 2.58. The average Bonchev–Trinajstić information content (AvgIpc) is 2.84. The number of carbonyl (C=O) groups excluding carboxylic acids is 2. The maximum absolute atomic E-state index is 13.6. The molecule has 14 heteroatoms. The number of carboxylic acid groups (broad SMARTS) is 1. The fourth-order valence-electron chi connectivity index (χ4n) is 4.19. The molecule has 2 aromatic rings. The Morgan fingerprint density at radius 3 is 2.42 bits per heavy atom. The molecule has 1 saturated heterocycles. The number of anilines is 1. The van der Waals surface area contributed by atoms with Crippen molar-refractivity contribution in [2.45, 2.75) is 56.2 Å². The average molecular weight is 639 g/mol. The van der Waals surface area contributed by atoms with Crippen LogP contribution in [0.5, 0.6) is 0 Å². The summed E-state index contributed by atoms with van der Waals surface area (Å²) in [5, 5.41) is 21.8. The van der Waals surface area contributed by atoms with Crippen LogP contribution < -0.4 is 16.4 Å². The SMILES string of the molecule is CC(NC(=O)CC(=O)Nc1ccc(C(=N)N)cc1)c1ccc(S(=O)(=O)N2CC(CC(=O)O)OCC2(C)C)c(Br)c1. The highest BCUT2D eigenvalue weighted by molar-refractivity contribution is 9.10. The number of hydrogen-bond acceptors (Lipinski definition) is 7. The summed E-state index contributed by atoms with van der Waals surface area (Å²) in [6.07, 6.45) is -1.52. The van der Waals surface area contributed by atoms with Crippen LogP contribution in [0, 0.1) is 5.41 Å². The number of nitrogens with zero attached hydrogens (tertiary/aromatic N) is 1. The third-order valence-corrected chi connectivity index (χ3v) is 9.38. The monoisotopic (exact) mass is 637 g/mol. The summed E-state index contributed by atoms with van der Waals surface area (Å²) in [4.78, 5) is 35.9. The topological polar surface area (TPSA) is 192 Å². The second-order valence-electron chi connectivity index (χ2n) is 10.1. The minimum atomic E-state index is -4.03. The Balaban J connectivity index is 1.66. The molecular formula is C26H32BrN5O7S. The second-order valence-corrected chi connectivity index (χ2v) is 12.8. The molecule has 0 radical (unpaired) electrons. The molecule has 6 N–H and O–H groups in total. The van der Waals surface area contributed by atoms with E-state index in [4.69, 9.17) is 21.0 Å². The molecular weight excluding hydrogens is 606 g/mol. The highest BCUT2D eigenvalue weighted by Crippen LogP contribution is 2.34. The van der Waals surface area contributed by atoms with Gasteiger partial charge in [0.25, 0.3) is 0 Å². The van der Waals surface area contributed by atoms with E-state index in [0.29, 0.717) is 16.8 Å². The molecule has 0 saturated carbocycles. The number of ether oxygens (including phenoxy) is 1. The molecule has 2 amide bonds. The van der Waals surface area contributed by atoms with Crippen LogP contribution in [0.15, 0.2) is 51.8 Å². The van der Waals surface area contributed by atoms with Gasteiger partial charge in [0.05, 0.1) is 35.6 Å². The van der Waals surface area contributed by atoms with Gasteiger partial charge in [-0.25, -0.2) is 8.42 Å². The number of nitrogens with one attached hydrogen (secondary N) is 3. The van der Waals surface area contributed by atoms with Crippen molar-refractivity contribution in [3.05, 3.63) is 58.1 Å². The van der Waals surface area contributed by atoms with Gasteiger partial charge in [-0.2, -0.15) is 4.31 Å². The van der Waals surface area contributed by atoms with Gasteiger partial charge in [-0.05, 0) is 78.7 Å². The molecule has 2 aromatic carbocycles. The van der Waals surface area contributed by atoms with E-state index in [1.807, 2.05) is 0 Å². The van der Waals surface area contributed by atoms with Crippen molar-refractivity contribution in [2.75, 3.05) is 18.5 Å². The smallest absolute Gasteiger partial charge is 0.306 e. The van der Waals surface area contributed by atoms with Crippen LogP contribution in [0.4, 0.5) is 5.69 Å². The second kappa shape index (κ2) is 12.5. The summed E-state index contributed by atoms with van der Waals surface area (Å²) in [7, 11) is -4.03. The number of nitrogens with two attached hydrogens (primary N) is 1. The highest BCUT2D eigenvalue weighted by atomic mass is 79.9. The van der Waals surface area contributed by atoms with Gasteiger partial charge >= 0.3 is 5.97 Å². The third kappa shape index (κ3) is 7.65. The normalized spacial score (nSPS) is 17.9. The standard InChI is InChI=1S/C26H32BrN5O7S/c1-15(30-22(33)12-23(34)31-18-7-4-16(5-8-18)25(28)29)17-6-9-21(20(27)10-17)40(37,38)32-13-19(11-24(35)36)39-14-26(32,2)3/h4-10,15,19H,11-14H2,1-3H3,(H3,28,29)(H,30,33)(H,31,34)(H,35,36). The van der Waals surface area contributed by atoms with Crippen LogP contribution in [0.3, 0.4) is 0 Å². The number of carboxylic acids is 1. The predicted molar refractivity (Wildman–Crippen MR) is 151 cm³/mol. The number of carbonyl (C=O) groups is 3. The molecule has 1 aliphatic rings. The van der Waals surface area contributed by atoms with Crippen molar-refractivity contribution in [3.8, 4) is 0 Å². The number of halogens is 1. The van der Waals surface area contributed by atoms with Gasteiger partial charge in [-0.3, -0.25) is 19.8 Å². The fourth-order valence-corrected chi connectivity index (χ4v) is 7.05. The number of sulfonamides is 1. The molecule has 40 heavy (non-hydrogen) atoms. The molecule has 0 bridgehead atoms. The van der Waals surface area contributed by atoms with Crippen molar-refractivity contribution in [1.29, 1.82) is 5.41 Å². The number of amides is 2. The summed E-state index contributed by atoms with van der Waals surface area (Å²) < 4.78 is 34.3. The molecule has 3 rings (SSSR count). The van der Waals surface area contributed by atoms with E-state index < -0.39 is 51.9 Å². The zero-order valence-electron chi connectivity index (χ0n) is 22.2. The first-order chi connectivity index (χ1) is 18.6. The summed E-state index contributed by atoms with van der Waals surface area (Å²) in [6.45, 7) is 5.05. The number of rotatable bonds is 10. The van der Waals surface area contributed by atoms with Gasteiger partial charge in [0.15, 0.2) is 0 Å². The van der Waals surface area contributed by atoms with E-state index in [1.165, 1.54) is 10.4 Å². The van der Waals surface area contributed by atoms with Crippen LogP contribution in [-0.2, 0) is 29.1 Å². The van der Waals surface area contributed by atoms with Gasteiger partial charge in [-0.15, -0.1) is 0 Å². The fraction of sp³-hybridized carbons (Fsp3) is 0.385. The van der Waals surface area contributed by atoms with E-state index in [9.17, 15) is 22.8 Å². The zero-order valence-corrected chi connectivity index (χ0v) is 24.6. The maximum Gasteiger partial charge on any atom is 0.306 e. The molecule has 0 spiro atoms. The lowest BCUT2D eigenvalue weighted by molar-refractivity contribution is -0.143. The molecule has 0 aliphatic carbocycles. The summed E-state index contributed by atoms with van der Waals surface area (Å²) in [5.41, 5.74) is 6.07. The van der Waals surface area contributed by atoms with Crippen molar-refractivity contribution in [2.24, 2.45) is 5.73 Å². The molecule has 1 fully saturated rings. The molecule has 1 aliphatic heterocycles. The minimum Gasteiger partial charge on any atom is -0.481 e. The molecule has 216 valence electrons. The van der Waals surface area contributed by atoms with Gasteiger partial charge in [0, 0.05) is 22.3 Å². The van der Waals surface area contributed by atoms with Crippen LogP contribution in [-0.4, -0.2) is 66.2 Å². The van der Waals surface area contributed by atoms with E-state index in [0.717, 1.165) is 0 Å². The first-order valence-corrected chi connectivity index (χ1v) is 14.5. The first kappa shape index (κ1) is 31.2. The summed E-state index contributed by atoms with van der Waals surface area (Å²) >= 11 is 3.34. The Hall–Kier alpha value is -3.33. The van der Waals surface area contributed by atoms with E-state index >= 15 is 0 Å². The molecule has 2 atom stereocenters. The van der Waals surface area contributed by atoms with E-state index in [-0.39, 0.29) is 34.8 Å². The largest absolute Gasteiger partial charge is 0.481 e. The van der Waals surface area contributed by atoms with Gasteiger partial charge in [0.1, 0.15) is 12.3 Å². The Morgan fingerprint density at radius 2 is 1.85 bits per heavy atom. The quantitative estimate of drug-likeness (QED) is 0.149. The van der Waals surface area contributed by atoms with Crippen molar-refractivity contribution in [1.82, 2.24) is 9.62 Å². The number of benzene rings is 2. The van der Waals surface area contributed by atoms with E-state index in [1.54, 1.807) is 57.2 Å². The highest BCUT2D eigenvalue weighted by Gasteiger charge is 2.44. The van der Waals surface area contributed by atoms with Gasteiger partial charge < -0.3 is 26.2 Å². The van der Waals surface area contributed by atoms with Crippen molar-refractivity contribution >= 4 is 55.3 Å². The summed E-state index contributed by atoms with van der Waals surface area (Å²) in [5.74, 6) is -2.24. The number of amidine groups is 1. The zero-order chi connectivity index (χ0) is 29.8. The maximum atomic E-state index is 13.6. The van der Waals surface area contributed by atoms with Crippen molar-refractivity contribution in [3.63, 3.8) is 0 Å². The molecule has 1 heterocycles. The summed E-state index contributed by atoms with van der Waals surface area (Å²) in [6, 6.07) is 10.3. The number of aliphatic carboxylic acids is 1. The molecule has 2 unspecified atom stereocenters. The Kier molecular flexibility index (Phi) is 9.72. The third-order valence-electron chi connectivity index (χ3n) is 6.32. The lowest BCUT2D eigenvalue weighted by atomic mass is 10.0. The van der Waals surface area contributed by atoms with Crippen LogP contribution in [0.2, 0.25) is 0 Å². The van der Waals surface area contributed by atoms with Crippen molar-refractivity contribution < 1.29 is 32.6 Å². The first-order valence-electron chi connectivity index (χ1n) is 12.3. The van der Waals surface area contributed by atoms with Crippen LogP contribution in [0.25, 0.3) is 0 Å². The molecule has 0 aromatic heterocycles. The van der Waals surface area contributed by atoms with Crippen LogP contribution in [0.1, 0.15) is 50.8 Å². The van der Waals surface area contributed by atoms with Crippen LogP contribution >= 0.6 is 15.9 Å². The van der Waals surface area contributed by atoms with Gasteiger partial charge in [-0.1, -0.05) is 6.07 Å². The number of morpholine rings is 1. The lowest BCUT2D eigenvalue weighted by Gasteiger charge is -2.44. The lowest BCUT2D eigenvalue weighted by Crippen LogP contribution is -2.58. The number of nitrogen functional groups attached to an aromatic ring is 1. The van der Waals surface area contributed by atoms with E-state index in [2.05, 4.69) is 26.6 Å². The molecule has 12 nitrogen and oxygen atoms in total. The number of hydrogen-bond donors (Lipinski definition) is 5.